The Labute approximate surface area is 177 Å². The van der Waals surface area contributed by atoms with Crippen molar-refractivity contribution in [2.24, 2.45) is 0 Å². The molecule has 4 N–H and O–H groups in total. The van der Waals surface area contributed by atoms with Crippen molar-refractivity contribution >= 4 is 28.4 Å². The van der Waals surface area contributed by atoms with Gasteiger partial charge in [0.2, 0.25) is 0 Å². The number of nitrogens with zero attached hydrogens (tertiary/aromatic N) is 4. The molecule has 32 heavy (non-hydrogen) atoms. The molecule has 2 heterocycles. The highest BCUT2D eigenvalue weighted by atomic mass is 19.4. The molecule has 0 radical (unpaired) electrons. The second-order valence-corrected chi connectivity index (χ2v) is 6.73. The second kappa shape index (κ2) is 7.89. The van der Waals surface area contributed by atoms with Crippen LogP contribution < -0.4 is 11.1 Å². The first kappa shape index (κ1) is 21.2. The number of carbonyl (C=O) groups is 1. The molecule has 0 aliphatic rings. The van der Waals surface area contributed by atoms with Crippen LogP contribution in [0.1, 0.15) is 17.2 Å². The van der Waals surface area contributed by atoms with Gasteiger partial charge in [0.25, 0.3) is 5.91 Å². The molecule has 0 aliphatic heterocycles. The summed E-state index contributed by atoms with van der Waals surface area (Å²) in [5, 5.41) is 16.5. The third-order valence-corrected chi connectivity index (χ3v) is 4.61. The molecule has 1 atom stereocenters. The van der Waals surface area contributed by atoms with Gasteiger partial charge in [0.15, 0.2) is 17.7 Å². The molecule has 2 aromatic carbocycles. The average molecular weight is 446 g/mol. The zero-order valence-electron chi connectivity index (χ0n) is 16.0. The van der Waals surface area contributed by atoms with Crippen LogP contribution in [0.4, 0.5) is 29.1 Å². The van der Waals surface area contributed by atoms with E-state index in [2.05, 4.69) is 20.4 Å². The number of anilines is 2. The highest BCUT2D eigenvalue weighted by molar-refractivity contribution is 5.95. The number of fused-ring (bicyclic) bond motifs is 1. The largest absolute Gasteiger partial charge is 0.416 e. The van der Waals surface area contributed by atoms with E-state index in [4.69, 9.17) is 5.73 Å². The lowest BCUT2D eigenvalue weighted by Crippen LogP contribution is -2.21. The summed E-state index contributed by atoms with van der Waals surface area (Å²) in [6.07, 6.45) is -3.90. The van der Waals surface area contributed by atoms with Crippen LogP contribution in [0.3, 0.4) is 0 Å². The molecule has 1 amide bonds. The van der Waals surface area contributed by atoms with Crippen molar-refractivity contribution in [2.75, 3.05) is 11.1 Å². The summed E-state index contributed by atoms with van der Waals surface area (Å²) in [7, 11) is 0. The van der Waals surface area contributed by atoms with Crippen molar-refractivity contribution in [3.63, 3.8) is 0 Å². The maximum Gasteiger partial charge on any atom is 0.416 e. The fourth-order valence-corrected chi connectivity index (χ4v) is 3.07. The van der Waals surface area contributed by atoms with Gasteiger partial charge in [0.05, 0.1) is 11.8 Å². The monoisotopic (exact) mass is 446 g/mol. The number of rotatable bonds is 4. The number of hydrogen-bond acceptors (Lipinski definition) is 6. The minimum Gasteiger partial charge on any atom is -0.382 e. The van der Waals surface area contributed by atoms with Crippen LogP contribution in [0.25, 0.3) is 16.7 Å². The van der Waals surface area contributed by atoms with Crippen molar-refractivity contribution in [1.82, 2.24) is 19.7 Å². The van der Waals surface area contributed by atoms with Crippen molar-refractivity contribution in [1.29, 1.82) is 0 Å². The standard InChI is InChI=1S/C20H14F4N6O2/c21-13-7-12(4-5-15(13)30-16-14(8-28-30)26-9-27-18(16)25)29-19(32)17(31)10-2-1-3-11(6-10)20(22,23)24/h1-9,17,31H,(H,29,32)(H2,25,26,27)/t17-/m1/s1. The molecular formula is C20H14F4N6O2. The van der Waals surface area contributed by atoms with E-state index >= 15 is 0 Å². The molecule has 164 valence electrons. The molecule has 0 fully saturated rings. The Balaban J connectivity index is 1.57. The van der Waals surface area contributed by atoms with Gasteiger partial charge >= 0.3 is 6.18 Å². The van der Waals surface area contributed by atoms with Crippen LogP contribution in [0.2, 0.25) is 0 Å². The van der Waals surface area contributed by atoms with Gasteiger partial charge in [-0.1, -0.05) is 12.1 Å². The minimum absolute atomic E-state index is 0.00192. The number of hydrogen-bond donors (Lipinski definition) is 3. The second-order valence-electron chi connectivity index (χ2n) is 6.73. The van der Waals surface area contributed by atoms with E-state index in [-0.39, 0.29) is 22.8 Å². The van der Waals surface area contributed by atoms with E-state index in [1.165, 1.54) is 35.4 Å². The predicted octanol–water partition coefficient (Wildman–Crippen LogP) is 3.23. The summed E-state index contributed by atoms with van der Waals surface area (Å²) in [6, 6.07) is 7.36. The number of halogens is 4. The van der Waals surface area contributed by atoms with Gasteiger partial charge in [-0.15, -0.1) is 0 Å². The highest BCUT2D eigenvalue weighted by Gasteiger charge is 2.31. The molecule has 0 bridgehead atoms. The van der Waals surface area contributed by atoms with Crippen LogP contribution in [0.15, 0.2) is 55.0 Å². The van der Waals surface area contributed by atoms with Crippen molar-refractivity contribution in [3.8, 4) is 5.69 Å². The van der Waals surface area contributed by atoms with Gasteiger partial charge < -0.3 is 16.2 Å². The molecule has 0 saturated heterocycles. The first-order valence-corrected chi connectivity index (χ1v) is 9.05. The SMILES string of the molecule is Nc1ncnc2cnn(-c3ccc(NC(=O)[C@H](O)c4cccc(C(F)(F)F)c4)cc3F)c12. The van der Waals surface area contributed by atoms with Crippen LogP contribution in [-0.2, 0) is 11.0 Å². The molecule has 8 nitrogen and oxygen atoms in total. The maximum absolute atomic E-state index is 14.8. The van der Waals surface area contributed by atoms with Gasteiger partial charge in [-0.25, -0.2) is 19.0 Å². The topological polar surface area (TPSA) is 119 Å². The number of nitrogens with two attached hydrogens (primary N) is 1. The quantitative estimate of drug-likeness (QED) is 0.414. The zero-order valence-corrected chi connectivity index (χ0v) is 16.0. The summed E-state index contributed by atoms with van der Waals surface area (Å²) >= 11 is 0. The van der Waals surface area contributed by atoms with Crippen LogP contribution in [0.5, 0.6) is 0 Å². The number of nitrogens with one attached hydrogen (secondary N) is 1. The van der Waals surface area contributed by atoms with Crippen molar-refractivity contribution in [2.45, 2.75) is 12.3 Å². The molecule has 2 aromatic heterocycles. The molecular weight excluding hydrogens is 432 g/mol. The Kier molecular flexibility index (Phi) is 5.22. The van der Waals surface area contributed by atoms with E-state index in [1.54, 1.807) is 0 Å². The third kappa shape index (κ3) is 3.95. The third-order valence-electron chi connectivity index (χ3n) is 4.61. The average Bonchev–Trinajstić information content (AvgIpc) is 3.18. The Hall–Kier alpha value is -4.06. The van der Waals surface area contributed by atoms with Crippen LogP contribution >= 0.6 is 0 Å². The van der Waals surface area contributed by atoms with Gasteiger partial charge in [0, 0.05) is 5.69 Å². The normalized spacial score (nSPS) is 12.7. The van der Waals surface area contributed by atoms with E-state index in [0.29, 0.717) is 17.1 Å². The van der Waals surface area contributed by atoms with Gasteiger partial charge in [-0.2, -0.15) is 18.3 Å². The highest BCUT2D eigenvalue weighted by Crippen LogP contribution is 2.31. The minimum atomic E-state index is -4.63. The molecule has 0 spiro atoms. The lowest BCUT2D eigenvalue weighted by Gasteiger charge is -2.14. The smallest absolute Gasteiger partial charge is 0.382 e. The molecule has 12 heteroatoms. The van der Waals surface area contributed by atoms with Gasteiger partial charge in [0.1, 0.15) is 23.0 Å². The number of aliphatic hydroxyl groups excluding tert-OH is 1. The number of benzene rings is 2. The fourth-order valence-electron chi connectivity index (χ4n) is 3.07. The van der Waals surface area contributed by atoms with Crippen molar-refractivity contribution < 1.29 is 27.5 Å². The summed E-state index contributed by atoms with van der Waals surface area (Å²) in [6.45, 7) is 0. The number of aliphatic hydroxyl groups is 1. The Bertz CT molecular complexity index is 1320. The molecule has 4 rings (SSSR count). The van der Waals surface area contributed by atoms with E-state index < -0.39 is 29.6 Å². The number of nitrogen functional groups attached to an aromatic ring is 1. The van der Waals surface area contributed by atoms with E-state index in [9.17, 15) is 27.5 Å². The Morgan fingerprint density at radius 3 is 2.66 bits per heavy atom. The first-order valence-electron chi connectivity index (χ1n) is 9.05. The summed E-state index contributed by atoms with van der Waals surface area (Å²) in [5.41, 5.74) is 5.23. The van der Waals surface area contributed by atoms with Crippen LogP contribution in [0, 0.1) is 5.82 Å². The van der Waals surface area contributed by atoms with E-state index in [1.807, 2.05) is 0 Å². The van der Waals surface area contributed by atoms with E-state index in [0.717, 1.165) is 18.2 Å². The number of amides is 1. The summed E-state index contributed by atoms with van der Waals surface area (Å²) < 4.78 is 54.5. The lowest BCUT2D eigenvalue weighted by molar-refractivity contribution is -0.138. The lowest BCUT2D eigenvalue weighted by atomic mass is 10.0. The van der Waals surface area contributed by atoms with Gasteiger partial charge in [-0.3, -0.25) is 4.79 Å². The zero-order chi connectivity index (χ0) is 23.0. The number of alkyl halides is 3. The molecule has 4 aromatic rings. The summed E-state index contributed by atoms with van der Waals surface area (Å²) in [4.78, 5) is 20.1. The summed E-state index contributed by atoms with van der Waals surface area (Å²) in [5.74, 6) is -1.73. The van der Waals surface area contributed by atoms with Crippen molar-refractivity contribution in [3.05, 3.63) is 71.9 Å². The van der Waals surface area contributed by atoms with Crippen LogP contribution in [-0.4, -0.2) is 30.8 Å². The number of aromatic nitrogens is 4. The first-order chi connectivity index (χ1) is 15.1. The molecule has 0 saturated carbocycles. The molecule has 0 aliphatic carbocycles. The Morgan fingerprint density at radius 1 is 1.16 bits per heavy atom. The number of carbonyl (C=O) groups excluding carboxylic acids is 1. The molecule has 0 unspecified atom stereocenters. The fraction of sp³-hybridized carbons (Fsp3) is 0.100. The maximum atomic E-state index is 14.8. The Morgan fingerprint density at radius 2 is 1.94 bits per heavy atom. The van der Waals surface area contributed by atoms with Gasteiger partial charge in [-0.05, 0) is 35.9 Å². The predicted molar refractivity (Wildman–Crippen MR) is 106 cm³/mol.